The zero-order chi connectivity index (χ0) is 23.4. The van der Waals surface area contributed by atoms with Gasteiger partial charge in [0.25, 0.3) is 11.8 Å². The summed E-state index contributed by atoms with van der Waals surface area (Å²) in [5.74, 6) is 0.255. The Morgan fingerprint density at radius 3 is 2.67 bits per heavy atom. The second-order valence-corrected chi connectivity index (χ2v) is 8.10. The molecule has 0 aliphatic carbocycles. The molecule has 0 radical (unpaired) electrons. The third kappa shape index (κ3) is 5.00. The number of ether oxygens (including phenoxy) is 2. The van der Waals surface area contributed by atoms with Gasteiger partial charge in [0, 0.05) is 24.2 Å². The van der Waals surface area contributed by atoms with E-state index in [2.05, 4.69) is 10.6 Å². The highest BCUT2D eigenvalue weighted by atomic mass is 16.5. The third-order valence-electron chi connectivity index (χ3n) is 5.74. The lowest BCUT2D eigenvalue weighted by Crippen LogP contribution is -2.48. The number of hydrogen-bond donors (Lipinski definition) is 2. The number of anilines is 1. The monoisotopic (exact) mass is 449 g/mol. The van der Waals surface area contributed by atoms with Crippen molar-refractivity contribution in [2.75, 3.05) is 25.5 Å². The molecule has 0 saturated carbocycles. The molecule has 1 saturated heterocycles. The van der Waals surface area contributed by atoms with Gasteiger partial charge in [0.2, 0.25) is 5.91 Å². The fourth-order valence-corrected chi connectivity index (χ4v) is 3.96. The Bertz CT molecular complexity index is 1100. The number of nitrogens with zero attached hydrogens (tertiary/aromatic N) is 1. The van der Waals surface area contributed by atoms with E-state index >= 15 is 0 Å². The normalized spacial score (nSPS) is 17.5. The molecule has 3 amide bonds. The number of nitrogens with one attached hydrogen (secondary N) is 2. The Hall–Kier alpha value is -3.81. The number of rotatable bonds is 5. The van der Waals surface area contributed by atoms with Crippen LogP contribution in [0.25, 0.3) is 6.08 Å². The van der Waals surface area contributed by atoms with Gasteiger partial charge in [-0.3, -0.25) is 14.4 Å². The number of amides is 3. The van der Waals surface area contributed by atoms with Crippen LogP contribution in [0.2, 0.25) is 0 Å². The van der Waals surface area contributed by atoms with Crippen LogP contribution in [0.15, 0.2) is 48.2 Å². The van der Waals surface area contributed by atoms with E-state index in [1.54, 1.807) is 49.3 Å². The molecule has 172 valence electrons. The van der Waals surface area contributed by atoms with E-state index in [9.17, 15) is 14.4 Å². The highest BCUT2D eigenvalue weighted by Crippen LogP contribution is 2.33. The number of benzene rings is 2. The van der Waals surface area contributed by atoms with Gasteiger partial charge in [0.15, 0.2) is 11.5 Å². The largest absolute Gasteiger partial charge is 0.496 e. The SMILES string of the molecule is COc1ccccc1/C=C1\Oc2ccc(C(=O)NC(C)C(=O)N3CCCCC3)cc2NC1=O. The van der Waals surface area contributed by atoms with Crippen molar-refractivity contribution in [1.82, 2.24) is 10.2 Å². The van der Waals surface area contributed by atoms with Crippen molar-refractivity contribution in [2.24, 2.45) is 0 Å². The number of likely N-dealkylation sites (tertiary alicyclic amines) is 1. The molecular weight excluding hydrogens is 422 g/mol. The van der Waals surface area contributed by atoms with Gasteiger partial charge in [-0.25, -0.2) is 0 Å². The summed E-state index contributed by atoms with van der Waals surface area (Å²) >= 11 is 0. The van der Waals surface area contributed by atoms with Crippen molar-refractivity contribution in [2.45, 2.75) is 32.2 Å². The number of para-hydroxylation sites is 1. The molecule has 4 rings (SSSR count). The van der Waals surface area contributed by atoms with Crippen LogP contribution in [-0.2, 0) is 9.59 Å². The van der Waals surface area contributed by atoms with Gasteiger partial charge in [-0.05, 0) is 56.5 Å². The molecule has 2 aliphatic rings. The summed E-state index contributed by atoms with van der Waals surface area (Å²) in [4.78, 5) is 39.7. The summed E-state index contributed by atoms with van der Waals surface area (Å²) in [7, 11) is 1.56. The summed E-state index contributed by atoms with van der Waals surface area (Å²) < 4.78 is 11.1. The Morgan fingerprint density at radius 1 is 1.15 bits per heavy atom. The van der Waals surface area contributed by atoms with Crippen LogP contribution < -0.4 is 20.1 Å². The van der Waals surface area contributed by atoms with E-state index in [1.807, 2.05) is 18.2 Å². The maximum atomic E-state index is 12.7. The van der Waals surface area contributed by atoms with Gasteiger partial charge >= 0.3 is 0 Å². The zero-order valence-electron chi connectivity index (χ0n) is 18.7. The molecule has 8 nitrogen and oxygen atoms in total. The predicted molar refractivity (Wildman–Crippen MR) is 124 cm³/mol. The van der Waals surface area contributed by atoms with E-state index in [0.717, 1.165) is 32.4 Å². The van der Waals surface area contributed by atoms with Crippen LogP contribution in [0, 0.1) is 0 Å². The van der Waals surface area contributed by atoms with Crippen LogP contribution in [-0.4, -0.2) is 48.9 Å². The number of hydrogen-bond acceptors (Lipinski definition) is 5. The number of carbonyl (C=O) groups excluding carboxylic acids is 3. The van der Waals surface area contributed by atoms with Crippen LogP contribution in [0.3, 0.4) is 0 Å². The Kier molecular flexibility index (Phi) is 6.63. The van der Waals surface area contributed by atoms with Crippen molar-refractivity contribution >= 4 is 29.5 Å². The van der Waals surface area contributed by atoms with Crippen LogP contribution >= 0.6 is 0 Å². The summed E-state index contributed by atoms with van der Waals surface area (Å²) in [5.41, 5.74) is 1.42. The van der Waals surface area contributed by atoms with Gasteiger partial charge in [-0.1, -0.05) is 18.2 Å². The first-order chi connectivity index (χ1) is 16.0. The molecule has 1 atom stereocenters. The molecular formula is C25H27N3O5. The van der Waals surface area contributed by atoms with Crippen LogP contribution in [0.1, 0.15) is 42.1 Å². The van der Waals surface area contributed by atoms with Crippen LogP contribution in [0.5, 0.6) is 11.5 Å². The minimum atomic E-state index is -0.632. The minimum Gasteiger partial charge on any atom is -0.496 e. The number of carbonyl (C=O) groups is 3. The summed E-state index contributed by atoms with van der Waals surface area (Å²) in [6.45, 7) is 3.14. The van der Waals surface area contributed by atoms with Gasteiger partial charge in [0.1, 0.15) is 11.8 Å². The Balaban J connectivity index is 1.46. The topological polar surface area (TPSA) is 97.0 Å². The average molecular weight is 450 g/mol. The second kappa shape index (κ2) is 9.77. The zero-order valence-corrected chi connectivity index (χ0v) is 18.7. The third-order valence-corrected chi connectivity index (χ3v) is 5.74. The quantitative estimate of drug-likeness (QED) is 0.684. The van der Waals surface area contributed by atoms with Gasteiger partial charge in [-0.2, -0.15) is 0 Å². The average Bonchev–Trinajstić information content (AvgIpc) is 2.84. The molecule has 1 unspecified atom stereocenters. The lowest BCUT2D eigenvalue weighted by atomic mass is 10.1. The van der Waals surface area contributed by atoms with Gasteiger partial charge < -0.3 is 25.0 Å². The molecule has 0 bridgehead atoms. The second-order valence-electron chi connectivity index (χ2n) is 8.10. The highest BCUT2D eigenvalue weighted by Gasteiger charge is 2.26. The summed E-state index contributed by atoms with van der Waals surface area (Å²) in [6, 6.07) is 11.4. The fourth-order valence-electron chi connectivity index (χ4n) is 3.96. The van der Waals surface area contributed by atoms with Gasteiger partial charge in [0.05, 0.1) is 12.8 Å². The molecule has 33 heavy (non-hydrogen) atoms. The molecule has 2 aliphatic heterocycles. The maximum Gasteiger partial charge on any atom is 0.291 e. The van der Waals surface area contributed by atoms with Crippen LogP contribution in [0.4, 0.5) is 5.69 Å². The van der Waals surface area contributed by atoms with E-state index < -0.39 is 11.9 Å². The highest BCUT2D eigenvalue weighted by molar-refractivity contribution is 6.09. The van der Waals surface area contributed by atoms with E-state index in [1.165, 1.54) is 0 Å². The number of piperidine rings is 1. The smallest absolute Gasteiger partial charge is 0.291 e. The molecule has 0 spiro atoms. The Morgan fingerprint density at radius 2 is 1.91 bits per heavy atom. The molecule has 1 fully saturated rings. The molecule has 2 heterocycles. The first-order valence-electron chi connectivity index (χ1n) is 11.0. The van der Waals surface area contributed by atoms with E-state index in [4.69, 9.17) is 9.47 Å². The predicted octanol–water partition coefficient (Wildman–Crippen LogP) is 3.20. The Labute approximate surface area is 192 Å². The number of fused-ring (bicyclic) bond motifs is 1. The number of methoxy groups -OCH3 is 1. The first kappa shape index (κ1) is 22.4. The molecule has 8 heteroatoms. The summed E-state index contributed by atoms with van der Waals surface area (Å²) in [5, 5.41) is 5.52. The maximum absolute atomic E-state index is 12.7. The fraction of sp³-hybridized carbons (Fsp3) is 0.320. The van der Waals surface area contributed by atoms with Crippen molar-refractivity contribution < 1.29 is 23.9 Å². The molecule has 2 N–H and O–H groups in total. The van der Waals surface area contributed by atoms with E-state index in [-0.39, 0.29) is 17.6 Å². The van der Waals surface area contributed by atoms with Crippen molar-refractivity contribution in [3.8, 4) is 11.5 Å². The lowest BCUT2D eigenvalue weighted by molar-refractivity contribution is -0.133. The van der Waals surface area contributed by atoms with Crippen molar-refractivity contribution in [3.63, 3.8) is 0 Å². The first-order valence-corrected chi connectivity index (χ1v) is 11.0. The minimum absolute atomic E-state index is 0.0798. The summed E-state index contributed by atoms with van der Waals surface area (Å²) in [6.07, 6.45) is 4.71. The molecule has 2 aromatic rings. The standard InChI is InChI=1S/C25H27N3O5/c1-16(25(31)28-12-6-3-7-13-28)26-23(29)18-10-11-21-19(14-18)27-24(30)22(33-21)15-17-8-4-5-9-20(17)32-2/h4-5,8-11,14-16H,3,6-7,12-13H2,1-2H3,(H,26,29)(H,27,30)/b22-15-. The van der Waals surface area contributed by atoms with Crippen molar-refractivity contribution in [1.29, 1.82) is 0 Å². The lowest BCUT2D eigenvalue weighted by Gasteiger charge is -2.29. The molecule has 0 aromatic heterocycles. The molecule has 2 aromatic carbocycles. The van der Waals surface area contributed by atoms with Crippen molar-refractivity contribution in [3.05, 3.63) is 59.4 Å². The van der Waals surface area contributed by atoms with E-state index in [0.29, 0.717) is 28.3 Å². The van der Waals surface area contributed by atoms with Gasteiger partial charge in [-0.15, -0.1) is 0 Å².